The minimum atomic E-state index is 0.370. The fourth-order valence-corrected chi connectivity index (χ4v) is 4.89. The van der Waals surface area contributed by atoms with Gasteiger partial charge in [0, 0.05) is 44.1 Å². The fraction of sp³-hybridized carbons (Fsp3) is 0.762. The van der Waals surface area contributed by atoms with E-state index in [9.17, 15) is 0 Å². The Morgan fingerprint density at radius 2 is 2.00 bits per heavy atom. The first-order valence-electron chi connectivity index (χ1n) is 10.9. The van der Waals surface area contributed by atoms with Gasteiger partial charge in [0.25, 0.3) is 0 Å². The second-order valence-electron chi connectivity index (χ2n) is 7.89. The lowest BCUT2D eigenvalue weighted by molar-refractivity contribution is 0.0177. The molecule has 0 aromatic carbocycles. The van der Waals surface area contributed by atoms with Gasteiger partial charge in [0.1, 0.15) is 0 Å². The molecule has 0 aliphatic carbocycles. The van der Waals surface area contributed by atoms with E-state index in [1.807, 2.05) is 11.3 Å². The first-order valence-corrected chi connectivity index (χ1v) is 11.7. The van der Waals surface area contributed by atoms with Crippen molar-refractivity contribution in [3.8, 4) is 0 Å². The molecule has 2 aliphatic heterocycles. The van der Waals surface area contributed by atoms with Crippen molar-refractivity contribution in [2.75, 3.05) is 65.6 Å². The predicted octanol–water partition coefficient (Wildman–Crippen LogP) is 2.41. The summed E-state index contributed by atoms with van der Waals surface area (Å²) in [4.78, 5) is 11.4. The summed E-state index contributed by atoms with van der Waals surface area (Å²) < 4.78 is 5.55. The fourth-order valence-electron chi connectivity index (χ4n) is 4.03. The normalized spacial score (nSPS) is 21.6. The van der Waals surface area contributed by atoms with Gasteiger partial charge in [0.15, 0.2) is 5.96 Å². The number of aliphatic imine (C=N–C) groups is 1. The van der Waals surface area contributed by atoms with Gasteiger partial charge in [-0.1, -0.05) is 13.0 Å². The van der Waals surface area contributed by atoms with Crippen LogP contribution in [0.3, 0.4) is 0 Å². The third-order valence-electron chi connectivity index (χ3n) is 5.49. The molecule has 0 radical (unpaired) electrons. The second-order valence-corrected chi connectivity index (χ2v) is 8.87. The van der Waals surface area contributed by atoms with E-state index in [0.29, 0.717) is 12.0 Å². The molecule has 3 heterocycles. The Balaban J connectivity index is 1.54. The highest BCUT2D eigenvalue weighted by atomic mass is 32.1. The van der Waals surface area contributed by atoms with E-state index in [4.69, 9.17) is 9.73 Å². The van der Waals surface area contributed by atoms with Crippen LogP contribution in [0.25, 0.3) is 0 Å². The quantitative estimate of drug-likeness (QED) is 0.486. The molecule has 7 heteroatoms. The summed E-state index contributed by atoms with van der Waals surface area (Å²) in [5, 5.41) is 9.19. The molecule has 3 rings (SSSR count). The van der Waals surface area contributed by atoms with Gasteiger partial charge < -0.3 is 20.3 Å². The van der Waals surface area contributed by atoms with Crippen molar-refractivity contribution >= 4 is 17.3 Å². The van der Waals surface area contributed by atoms with Gasteiger partial charge in [-0.2, -0.15) is 0 Å². The summed E-state index contributed by atoms with van der Waals surface area (Å²) >= 11 is 1.84. The zero-order valence-electron chi connectivity index (χ0n) is 17.5. The monoisotopic (exact) mass is 407 g/mol. The first kappa shape index (κ1) is 21.6. The minimum Gasteiger partial charge on any atom is -0.379 e. The number of hydrogen-bond acceptors (Lipinski definition) is 5. The number of thiophene rings is 1. The maximum atomic E-state index is 5.55. The number of likely N-dealkylation sites (tertiary alicyclic amines) is 1. The molecule has 6 nitrogen and oxygen atoms in total. The SMILES string of the molecule is CCNC(=NCC(C)CN1CCCC1)NCC(c1cccs1)N1CCOCC1. The van der Waals surface area contributed by atoms with Crippen LogP contribution in [-0.4, -0.2) is 81.3 Å². The second kappa shape index (κ2) is 11.8. The standard InChI is InChI=1S/C21H37N5OS/c1-3-22-21(23-15-18(2)17-25-8-4-5-9-25)24-16-19(20-7-6-14-28-20)26-10-12-27-13-11-26/h6-7,14,18-19H,3-5,8-13,15-17H2,1-2H3,(H2,22,23,24). The van der Waals surface area contributed by atoms with Crippen LogP contribution in [0.5, 0.6) is 0 Å². The maximum absolute atomic E-state index is 5.55. The van der Waals surface area contributed by atoms with E-state index in [1.165, 1.54) is 30.8 Å². The molecule has 2 aliphatic rings. The number of guanidine groups is 1. The topological polar surface area (TPSA) is 52.1 Å². The Labute approximate surface area is 174 Å². The third kappa shape index (κ3) is 6.72. The van der Waals surface area contributed by atoms with Crippen LogP contribution in [0.2, 0.25) is 0 Å². The number of ether oxygens (including phenoxy) is 1. The van der Waals surface area contributed by atoms with Gasteiger partial charge >= 0.3 is 0 Å². The minimum absolute atomic E-state index is 0.370. The molecule has 158 valence electrons. The molecule has 0 spiro atoms. The smallest absolute Gasteiger partial charge is 0.191 e. The Bertz CT molecular complexity index is 567. The molecule has 1 aromatic rings. The molecule has 2 unspecified atom stereocenters. The molecule has 28 heavy (non-hydrogen) atoms. The van der Waals surface area contributed by atoms with Gasteiger partial charge in [-0.05, 0) is 50.2 Å². The molecule has 2 saturated heterocycles. The number of hydrogen-bond donors (Lipinski definition) is 2. The van der Waals surface area contributed by atoms with Crippen LogP contribution in [0.15, 0.2) is 22.5 Å². The third-order valence-corrected chi connectivity index (χ3v) is 6.47. The van der Waals surface area contributed by atoms with Gasteiger partial charge in [-0.3, -0.25) is 9.89 Å². The van der Waals surface area contributed by atoms with Crippen LogP contribution in [-0.2, 0) is 4.74 Å². The van der Waals surface area contributed by atoms with E-state index in [2.05, 4.69) is 51.8 Å². The predicted molar refractivity (Wildman–Crippen MR) is 118 cm³/mol. The number of rotatable bonds is 9. The summed E-state index contributed by atoms with van der Waals surface area (Å²) in [5.41, 5.74) is 0. The number of morpholine rings is 1. The molecule has 2 atom stereocenters. The lowest BCUT2D eigenvalue weighted by atomic mass is 10.1. The van der Waals surface area contributed by atoms with Crippen molar-refractivity contribution in [1.82, 2.24) is 20.4 Å². The van der Waals surface area contributed by atoms with Crippen LogP contribution in [0.1, 0.15) is 37.6 Å². The van der Waals surface area contributed by atoms with Crippen molar-refractivity contribution in [3.05, 3.63) is 22.4 Å². The zero-order chi connectivity index (χ0) is 19.6. The highest BCUT2D eigenvalue weighted by Gasteiger charge is 2.23. The van der Waals surface area contributed by atoms with Crippen LogP contribution >= 0.6 is 11.3 Å². The van der Waals surface area contributed by atoms with E-state index < -0.39 is 0 Å². The lowest BCUT2D eigenvalue weighted by Gasteiger charge is -2.34. The zero-order valence-corrected chi connectivity index (χ0v) is 18.3. The summed E-state index contributed by atoms with van der Waals surface area (Å²) in [6.45, 7) is 14.4. The molecule has 2 N–H and O–H groups in total. The number of nitrogens with zero attached hydrogens (tertiary/aromatic N) is 3. The average molecular weight is 408 g/mol. The van der Waals surface area contributed by atoms with Crippen LogP contribution in [0, 0.1) is 5.92 Å². The summed E-state index contributed by atoms with van der Waals surface area (Å²) in [6, 6.07) is 4.76. The van der Waals surface area contributed by atoms with E-state index in [0.717, 1.165) is 58.4 Å². The maximum Gasteiger partial charge on any atom is 0.191 e. The Kier molecular flexibility index (Phi) is 9.05. The van der Waals surface area contributed by atoms with E-state index in [1.54, 1.807) is 0 Å². The van der Waals surface area contributed by atoms with E-state index >= 15 is 0 Å². The van der Waals surface area contributed by atoms with Crippen molar-refractivity contribution < 1.29 is 4.74 Å². The highest BCUT2D eigenvalue weighted by Crippen LogP contribution is 2.25. The molecule has 0 saturated carbocycles. The Morgan fingerprint density at radius 1 is 1.21 bits per heavy atom. The van der Waals surface area contributed by atoms with Crippen LogP contribution < -0.4 is 10.6 Å². The largest absolute Gasteiger partial charge is 0.379 e. The Morgan fingerprint density at radius 3 is 2.68 bits per heavy atom. The molecule has 1 aromatic heterocycles. The first-order chi connectivity index (χ1) is 13.8. The molecule has 2 fully saturated rings. The lowest BCUT2D eigenvalue weighted by Crippen LogP contribution is -2.46. The summed E-state index contributed by atoms with van der Waals surface area (Å²) in [5.74, 6) is 1.52. The van der Waals surface area contributed by atoms with Crippen molar-refractivity contribution in [1.29, 1.82) is 0 Å². The highest BCUT2D eigenvalue weighted by molar-refractivity contribution is 7.10. The average Bonchev–Trinajstić information content (AvgIpc) is 3.41. The Hall–Kier alpha value is -1.15. The van der Waals surface area contributed by atoms with Crippen molar-refractivity contribution in [2.24, 2.45) is 10.9 Å². The molecule has 0 bridgehead atoms. The summed E-state index contributed by atoms with van der Waals surface area (Å²) in [6.07, 6.45) is 2.71. The van der Waals surface area contributed by atoms with Gasteiger partial charge in [-0.15, -0.1) is 11.3 Å². The van der Waals surface area contributed by atoms with Gasteiger partial charge in [0.2, 0.25) is 0 Å². The van der Waals surface area contributed by atoms with E-state index in [-0.39, 0.29) is 0 Å². The number of nitrogens with one attached hydrogen (secondary N) is 2. The van der Waals surface area contributed by atoms with Crippen molar-refractivity contribution in [3.63, 3.8) is 0 Å². The van der Waals surface area contributed by atoms with Gasteiger partial charge in [-0.25, -0.2) is 0 Å². The van der Waals surface area contributed by atoms with Crippen molar-refractivity contribution in [2.45, 2.75) is 32.7 Å². The molecule has 0 amide bonds. The van der Waals surface area contributed by atoms with Gasteiger partial charge in [0.05, 0.1) is 19.3 Å². The molecular formula is C21H37N5OS. The molecular weight excluding hydrogens is 370 g/mol. The summed E-state index contributed by atoms with van der Waals surface area (Å²) in [7, 11) is 0. The van der Waals surface area contributed by atoms with Crippen LogP contribution in [0.4, 0.5) is 0 Å².